The first-order valence-electron chi connectivity index (χ1n) is 5.09. The molecule has 0 saturated heterocycles. The minimum absolute atomic E-state index is 0.654. The number of hydrogen-bond donors (Lipinski definition) is 1. The lowest BCUT2D eigenvalue weighted by atomic mass is 10.4. The first-order chi connectivity index (χ1) is 6.83. The monoisotopic (exact) mass is 197 g/mol. The maximum Gasteiger partial charge on any atom is 0.0748 e. The second-order valence-electron chi connectivity index (χ2n) is 3.32. The van der Waals surface area contributed by atoms with E-state index >= 15 is 0 Å². The molecule has 1 aromatic rings. The molecule has 1 aromatic heterocycles. The van der Waals surface area contributed by atoms with E-state index < -0.39 is 0 Å². The molecule has 0 unspecified atom stereocenters. The Morgan fingerprint density at radius 1 is 1.50 bits per heavy atom. The molecule has 0 aliphatic carbocycles. The summed E-state index contributed by atoms with van der Waals surface area (Å²) in [5, 5.41) is 7.35. The standard InChI is InChI=1S/C10H19N3O/c1-3-4-11-5-6-14-9-10-7-12-13(2)8-10/h7-8,11H,3-6,9H2,1-2H3. The van der Waals surface area contributed by atoms with E-state index in [1.165, 1.54) is 6.42 Å². The number of ether oxygens (including phenoxy) is 1. The zero-order valence-corrected chi connectivity index (χ0v) is 8.99. The molecule has 0 aliphatic rings. The summed E-state index contributed by atoms with van der Waals surface area (Å²) < 4.78 is 7.25. The van der Waals surface area contributed by atoms with E-state index in [4.69, 9.17) is 4.74 Å². The summed E-state index contributed by atoms with van der Waals surface area (Å²) in [4.78, 5) is 0. The van der Waals surface area contributed by atoms with Crippen LogP contribution in [-0.2, 0) is 18.4 Å². The molecule has 14 heavy (non-hydrogen) atoms. The van der Waals surface area contributed by atoms with Crippen LogP contribution in [0.1, 0.15) is 18.9 Å². The Bertz CT molecular complexity index is 247. The van der Waals surface area contributed by atoms with Crippen LogP contribution in [-0.4, -0.2) is 29.5 Å². The maximum absolute atomic E-state index is 5.46. The van der Waals surface area contributed by atoms with Crippen molar-refractivity contribution < 1.29 is 4.74 Å². The van der Waals surface area contributed by atoms with Gasteiger partial charge in [0.15, 0.2) is 0 Å². The third-order valence-corrected chi connectivity index (χ3v) is 1.88. The minimum Gasteiger partial charge on any atom is -0.375 e. The molecule has 1 rings (SSSR count). The van der Waals surface area contributed by atoms with Gasteiger partial charge in [0, 0.05) is 25.4 Å². The molecule has 0 radical (unpaired) electrons. The van der Waals surface area contributed by atoms with E-state index in [-0.39, 0.29) is 0 Å². The van der Waals surface area contributed by atoms with Crippen molar-refractivity contribution in [1.82, 2.24) is 15.1 Å². The average Bonchev–Trinajstić information content (AvgIpc) is 2.58. The van der Waals surface area contributed by atoms with Gasteiger partial charge >= 0.3 is 0 Å². The van der Waals surface area contributed by atoms with Crippen LogP contribution in [0.25, 0.3) is 0 Å². The van der Waals surface area contributed by atoms with Gasteiger partial charge in [-0.05, 0) is 13.0 Å². The third-order valence-electron chi connectivity index (χ3n) is 1.88. The number of rotatable bonds is 7. The average molecular weight is 197 g/mol. The van der Waals surface area contributed by atoms with E-state index in [0.717, 1.165) is 25.3 Å². The quantitative estimate of drug-likeness (QED) is 0.661. The van der Waals surface area contributed by atoms with Crippen molar-refractivity contribution in [1.29, 1.82) is 0 Å². The van der Waals surface area contributed by atoms with Crippen molar-refractivity contribution in [2.75, 3.05) is 19.7 Å². The third kappa shape index (κ3) is 4.39. The van der Waals surface area contributed by atoms with Gasteiger partial charge in [-0.3, -0.25) is 4.68 Å². The van der Waals surface area contributed by atoms with E-state index in [1.807, 2.05) is 19.4 Å². The normalized spacial score (nSPS) is 10.7. The lowest BCUT2D eigenvalue weighted by molar-refractivity contribution is 0.123. The molecule has 0 amide bonds. The van der Waals surface area contributed by atoms with Gasteiger partial charge in [-0.2, -0.15) is 5.10 Å². The van der Waals surface area contributed by atoms with Gasteiger partial charge in [-0.1, -0.05) is 6.92 Å². The fourth-order valence-corrected chi connectivity index (χ4v) is 1.18. The SMILES string of the molecule is CCCNCCOCc1cnn(C)c1. The highest BCUT2D eigenvalue weighted by Gasteiger charge is 1.95. The molecule has 0 aromatic carbocycles. The number of aromatic nitrogens is 2. The van der Waals surface area contributed by atoms with Gasteiger partial charge in [-0.15, -0.1) is 0 Å². The van der Waals surface area contributed by atoms with Crippen molar-refractivity contribution in [2.24, 2.45) is 7.05 Å². The van der Waals surface area contributed by atoms with Crippen molar-refractivity contribution >= 4 is 0 Å². The highest BCUT2D eigenvalue weighted by molar-refractivity contribution is 5.01. The van der Waals surface area contributed by atoms with Crippen molar-refractivity contribution in [3.63, 3.8) is 0 Å². The molecule has 1 heterocycles. The largest absolute Gasteiger partial charge is 0.375 e. The van der Waals surface area contributed by atoms with Gasteiger partial charge in [0.05, 0.1) is 19.4 Å². The molecule has 4 heteroatoms. The Labute approximate surface area is 85.3 Å². The Kier molecular flexibility index (Phi) is 5.25. The summed E-state index contributed by atoms with van der Waals surface area (Å²) in [7, 11) is 1.91. The summed E-state index contributed by atoms with van der Waals surface area (Å²) in [6.45, 7) is 5.56. The highest BCUT2D eigenvalue weighted by Crippen LogP contribution is 1.97. The lowest BCUT2D eigenvalue weighted by Gasteiger charge is -2.03. The molecule has 0 atom stereocenters. The van der Waals surface area contributed by atoms with Crippen LogP contribution in [0.15, 0.2) is 12.4 Å². The van der Waals surface area contributed by atoms with Crippen molar-refractivity contribution in [2.45, 2.75) is 20.0 Å². The number of aryl methyl sites for hydroxylation is 1. The first kappa shape index (κ1) is 11.2. The molecular formula is C10H19N3O. The molecule has 0 saturated carbocycles. The zero-order chi connectivity index (χ0) is 10.2. The Morgan fingerprint density at radius 3 is 3.00 bits per heavy atom. The summed E-state index contributed by atoms with van der Waals surface area (Å²) >= 11 is 0. The topological polar surface area (TPSA) is 39.1 Å². The molecule has 0 spiro atoms. The van der Waals surface area contributed by atoms with Crippen molar-refractivity contribution in [3.8, 4) is 0 Å². The molecular weight excluding hydrogens is 178 g/mol. The fourth-order valence-electron chi connectivity index (χ4n) is 1.18. The number of nitrogens with one attached hydrogen (secondary N) is 1. The Hall–Kier alpha value is -0.870. The van der Waals surface area contributed by atoms with Crippen LogP contribution in [0, 0.1) is 0 Å². The van der Waals surface area contributed by atoms with Crippen LogP contribution >= 0.6 is 0 Å². The van der Waals surface area contributed by atoms with E-state index in [2.05, 4.69) is 17.3 Å². The van der Waals surface area contributed by atoms with Crippen LogP contribution in [0.5, 0.6) is 0 Å². The molecule has 0 aliphatic heterocycles. The Morgan fingerprint density at radius 2 is 2.36 bits per heavy atom. The van der Waals surface area contributed by atoms with E-state index in [1.54, 1.807) is 4.68 Å². The van der Waals surface area contributed by atoms with Crippen LogP contribution < -0.4 is 5.32 Å². The summed E-state index contributed by atoms with van der Waals surface area (Å²) in [5.41, 5.74) is 1.13. The van der Waals surface area contributed by atoms with Gasteiger partial charge in [-0.25, -0.2) is 0 Å². The van der Waals surface area contributed by atoms with Crippen LogP contribution in [0.2, 0.25) is 0 Å². The van der Waals surface area contributed by atoms with E-state index in [0.29, 0.717) is 6.61 Å². The molecule has 0 fully saturated rings. The second kappa shape index (κ2) is 6.56. The molecule has 0 bridgehead atoms. The van der Waals surface area contributed by atoms with Gasteiger partial charge in [0.1, 0.15) is 0 Å². The summed E-state index contributed by atoms with van der Waals surface area (Å²) in [6, 6.07) is 0. The second-order valence-corrected chi connectivity index (χ2v) is 3.32. The minimum atomic E-state index is 0.654. The van der Waals surface area contributed by atoms with Gasteiger partial charge in [0.2, 0.25) is 0 Å². The maximum atomic E-state index is 5.46. The predicted molar refractivity (Wildman–Crippen MR) is 56.0 cm³/mol. The Balaban J connectivity index is 1.99. The van der Waals surface area contributed by atoms with Crippen molar-refractivity contribution in [3.05, 3.63) is 18.0 Å². The fraction of sp³-hybridized carbons (Fsp3) is 0.700. The summed E-state index contributed by atoms with van der Waals surface area (Å²) in [5.74, 6) is 0. The number of nitrogens with zero attached hydrogens (tertiary/aromatic N) is 2. The van der Waals surface area contributed by atoms with Crippen LogP contribution in [0.3, 0.4) is 0 Å². The summed E-state index contributed by atoms with van der Waals surface area (Å²) in [6.07, 6.45) is 4.97. The highest BCUT2D eigenvalue weighted by atomic mass is 16.5. The predicted octanol–water partition coefficient (Wildman–Crippen LogP) is 0.936. The molecule has 1 N–H and O–H groups in total. The van der Waals surface area contributed by atoms with Crippen LogP contribution in [0.4, 0.5) is 0 Å². The molecule has 4 nitrogen and oxygen atoms in total. The van der Waals surface area contributed by atoms with E-state index in [9.17, 15) is 0 Å². The smallest absolute Gasteiger partial charge is 0.0748 e. The first-order valence-corrected chi connectivity index (χ1v) is 5.09. The van der Waals surface area contributed by atoms with Gasteiger partial charge in [0.25, 0.3) is 0 Å². The zero-order valence-electron chi connectivity index (χ0n) is 8.99. The number of hydrogen-bond acceptors (Lipinski definition) is 3. The molecule has 80 valence electrons. The van der Waals surface area contributed by atoms with Gasteiger partial charge < -0.3 is 10.1 Å². The lowest BCUT2D eigenvalue weighted by Crippen LogP contribution is -2.20.